The molecule has 7 nitrogen and oxygen atoms in total. The van der Waals surface area contributed by atoms with Crippen LogP contribution in [0.25, 0.3) is 0 Å². The molecule has 0 spiro atoms. The van der Waals surface area contributed by atoms with E-state index in [1.54, 1.807) is 6.92 Å². The zero-order valence-electron chi connectivity index (χ0n) is 14.5. The number of ether oxygens (including phenoxy) is 1. The van der Waals surface area contributed by atoms with Crippen molar-refractivity contribution >= 4 is 22.0 Å². The number of hydrogen-bond acceptors (Lipinski definition) is 6. The lowest BCUT2D eigenvalue weighted by atomic mass is 9.83. The predicted octanol–water partition coefficient (Wildman–Crippen LogP) is 0.978. The van der Waals surface area contributed by atoms with Crippen molar-refractivity contribution in [3.05, 3.63) is 0 Å². The highest BCUT2D eigenvalue weighted by Gasteiger charge is 2.70. The Hall–Kier alpha value is -1.15. The Morgan fingerprint density at radius 2 is 2.00 bits per heavy atom. The molecule has 2 saturated carbocycles. The Balaban J connectivity index is 1.63. The second-order valence-electron chi connectivity index (χ2n) is 7.96. The molecule has 3 rings (SSSR count). The van der Waals surface area contributed by atoms with Crippen LogP contribution in [0.3, 0.4) is 0 Å². The quantitative estimate of drug-likeness (QED) is 0.580. The Kier molecular flexibility index (Phi) is 3.99. The van der Waals surface area contributed by atoms with Crippen molar-refractivity contribution in [2.45, 2.75) is 63.9 Å². The molecule has 0 aromatic heterocycles. The smallest absolute Gasteiger partial charge is 0.326 e. The average molecular weight is 359 g/mol. The van der Waals surface area contributed by atoms with E-state index in [0.29, 0.717) is 19.3 Å². The first-order chi connectivity index (χ1) is 11.0. The van der Waals surface area contributed by atoms with Crippen LogP contribution >= 0.6 is 0 Å². The molecule has 1 saturated heterocycles. The predicted molar refractivity (Wildman–Crippen MR) is 85.4 cm³/mol. The molecule has 136 valence electrons. The third-order valence-electron chi connectivity index (χ3n) is 6.15. The van der Waals surface area contributed by atoms with Gasteiger partial charge < -0.3 is 10.1 Å². The van der Waals surface area contributed by atoms with Gasteiger partial charge in [0.05, 0.1) is 5.25 Å². The van der Waals surface area contributed by atoms with Crippen LogP contribution in [-0.4, -0.2) is 43.8 Å². The molecule has 5 atom stereocenters. The van der Waals surface area contributed by atoms with E-state index >= 15 is 0 Å². The van der Waals surface area contributed by atoms with Crippen molar-refractivity contribution in [1.82, 2.24) is 5.32 Å². The fourth-order valence-corrected chi connectivity index (χ4v) is 6.08. The van der Waals surface area contributed by atoms with Crippen LogP contribution in [0, 0.1) is 17.3 Å². The number of rotatable bonds is 5. The molecule has 1 heterocycles. The van der Waals surface area contributed by atoms with Crippen LogP contribution < -0.4 is 5.32 Å². The maximum absolute atomic E-state index is 12.2. The van der Waals surface area contributed by atoms with Crippen LogP contribution in [0.1, 0.15) is 47.0 Å². The molecule has 0 radical (unpaired) electrons. The molecule has 3 aliphatic rings. The molecule has 0 aromatic rings. The second kappa shape index (κ2) is 5.42. The van der Waals surface area contributed by atoms with E-state index in [1.165, 1.54) is 0 Å². The minimum absolute atomic E-state index is 0.0125. The van der Waals surface area contributed by atoms with Crippen LogP contribution in [-0.2, 0) is 28.6 Å². The van der Waals surface area contributed by atoms with Crippen LogP contribution in [0.15, 0.2) is 0 Å². The summed E-state index contributed by atoms with van der Waals surface area (Å²) in [5.41, 5.74) is -1.49. The summed E-state index contributed by atoms with van der Waals surface area (Å²) in [6, 6.07) is 0. The molecular weight excluding hydrogens is 334 g/mol. The summed E-state index contributed by atoms with van der Waals surface area (Å²) in [4.78, 5) is 24.2. The van der Waals surface area contributed by atoms with Crippen LogP contribution in [0.5, 0.6) is 0 Å². The molecule has 1 N–H and O–H groups in total. The maximum atomic E-state index is 12.2. The van der Waals surface area contributed by atoms with Gasteiger partial charge in [-0.05, 0) is 26.2 Å². The van der Waals surface area contributed by atoms with E-state index in [1.807, 2.05) is 20.8 Å². The number of carbonyl (C=O) groups excluding carboxylic acids is 2. The number of nitrogens with one attached hydrogen (secondary N) is 1. The highest BCUT2D eigenvalue weighted by Crippen LogP contribution is 2.60. The van der Waals surface area contributed by atoms with E-state index in [0.717, 1.165) is 0 Å². The Morgan fingerprint density at radius 1 is 1.33 bits per heavy atom. The normalized spacial score (nSPS) is 39.0. The highest BCUT2D eigenvalue weighted by atomic mass is 32.2. The molecule has 8 heteroatoms. The SMILES string of the molecule is CCC(C)(C)C(=O)NCC(=O)OC1(C)C2CC3C1OS(=O)(=O)C3C2. The molecule has 1 aliphatic heterocycles. The molecule has 5 unspecified atom stereocenters. The highest BCUT2D eigenvalue weighted by molar-refractivity contribution is 7.87. The minimum atomic E-state index is -3.55. The number of amides is 1. The summed E-state index contributed by atoms with van der Waals surface area (Å²) in [7, 11) is -3.55. The van der Waals surface area contributed by atoms with Gasteiger partial charge >= 0.3 is 5.97 Å². The monoisotopic (exact) mass is 359 g/mol. The molecule has 2 aliphatic carbocycles. The first kappa shape index (κ1) is 17.7. The van der Waals surface area contributed by atoms with Crippen molar-refractivity contribution in [3.8, 4) is 0 Å². The van der Waals surface area contributed by atoms with Gasteiger partial charge in [-0.3, -0.25) is 13.8 Å². The lowest BCUT2D eigenvalue weighted by Crippen LogP contribution is -2.50. The van der Waals surface area contributed by atoms with E-state index < -0.39 is 38.5 Å². The fraction of sp³-hybridized carbons (Fsp3) is 0.875. The van der Waals surface area contributed by atoms with Crippen molar-refractivity contribution in [2.24, 2.45) is 17.3 Å². The van der Waals surface area contributed by atoms with Gasteiger partial charge in [0.2, 0.25) is 5.91 Å². The summed E-state index contributed by atoms with van der Waals surface area (Å²) in [5.74, 6) is -0.873. The first-order valence-electron chi connectivity index (χ1n) is 8.43. The Labute approximate surface area is 142 Å². The lowest BCUT2D eigenvalue weighted by Gasteiger charge is -2.36. The van der Waals surface area contributed by atoms with Gasteiger partial charge in [0.1, 0.15) is 18.2 Å². The second-order valence-corrected chi connectivity index (χ2v) is 9.74. The van der Waals surface area contributed by atoms with Gasteiger partial charge in [-0.2, -0.15) is 8.42 Å². The zero-order chi connectivity index (χ0) is 17.9. The molecule has 24 heavy (non-hydrogen) atoms. The average Bonchev–Trinajstić information content (AvgIpc) is 3.09. The largest absolute Gasteiger partial charge is 0.455 e. The summed E-state index contributed by atoms with van der Waals surface area (Å²) in [5, 5.41) is 2.14. The Bertz CT molecular complexity index is 672. The topological polar surface area (TPSA) is 98.8 Å². The summed E-state index contributed by atoms with van der Waals surface area (Å²) < 4.78 is 34.8. The zero-order valence-corrected chi connectivity index (χ0v) is 15.3. The minimum Gasteiger partial charge on any atom is -0.455 e. The van der Waals surface area contributed by atoms with Gasteiger partial charge in [0.15, 0.2) is 0 Å². The van der Waals surface area contributed by atoms with Crippen LogP contribution in [0.2, 0.25) is 0 Å². The molecule has 2 bridgehead atoms. The van der Waals surface area contributed by atoms with Gasteiger partial charge in [0.25, 0.3) is 10.1 Å². The number of hydrogen-bond donors (Lipinski definition) is 1. The number of esters is 1. The van der Waals surface area contributed by atoms with Gasteiger partial charge in [-0.25, -0.2) is 0 Å². The summed E-state index contributed by atoms with van der Waals surface area (Å²) in [6.07, 6.45) is 1.23. The van der Waals surface area contributed by atoms with Crippen LogP contribution in [0.4, 0.5) is 0 Å². The lowest BCUT2D eigenvalue weighted by molar-refractivity contribution is -0.172. The fourth-order valence-electron chi connectivity index (χ4n) is 4.17. The third-order valence-corrected chi connectivity index (χ3v) is 7.91. The maximum Gasteiger partial charge on any atom is 0.326 e. The molecule has 0 aromatic carbocycles. The standard InChI is InChI=1S/C16H25NO6S/c1-5-15(2,3)14(19)17-8-12(18)22-16(4)9-6-10-11(7-9)24(20,21)23-13(10)16/h9-11,13H,5-8H2,1-4H3,(H,17,19). The summed E-state index contributed by atoms with van der Waals surface area (Å²) >= 11 is 0. The molecule has 1 amide bonds. The third kappa shape index (κ3) is 2.54. The van der Waals surface area contributed by atoms with E-state index in [4.69, 9.17) is 8.92 Å². The van der Waals surface area contributed by atoms with E-state index in [2.05, 4.69) is 5.32 Å². The van der Waals surface area contributed by atoms with Gasteiger partial charge in [0, 0.05) is 17.3 Å². The van der Waals surface area contributed by atoms with Gasteiger partial charge in [-0.15, -0.1) is 0 Å². The van der Waals surface area contributed by atoms with Gasteiger partial charge in [-0.1, -0.05) is 20.8 Å². The van der Waals surface area contributed by atoms with E-state index in [-0.39, 0.29) is 24.3 Å². The summed E-state index contributed by atoms with van der Waals surface area (Å²) in [6.45, 7) is 7.04. The van der Waals surface area contributed by atoms with Crippen molar-refractivity contribution in [1.29, 1.82) is 0 Å². The first-order valence-corrected chi connectivity index (χ1v) is 9.90. The number of carbonyl (C=O) groups is 2. The van der Waals surface area contributed by atoms with Crippen molar-refractivity contribution in [3.63, 3.8) is 0 Å². The Morgan fingerprint density at radius 3 is 2.62 bits per heavy atom. The molecule has 3 fully saturated rings. The van der Waals surface area contributed by atoms with Crippen molar-refractivity contribution in [2.75, 3.05) is 6.54 Å². The van der Waals surface area contributed by atoms with Crippen molar-refractivity contribution < 1.29 is 26.9 Å². The number of fused-ring (bicyclic) bond motifs is 1. The van der Waals surface area contributed by atoms with E-state index in [9.17, 15) is 18.0 Å². The molecular formula is C16H25NO6S.